The number of hydrogen-bond donors (Lipinski definition) is 1. The second kappa shape index (κ2) is 9.34. The summed E-state index contributed by atoms with van der Waals surface area (Å²) in [6.45, 7) is 7.99. The van der Waals surface area contributed by atoms with Gasteiger partial charge in [-0.25, -0.2) is 0 Å². The van der Waals surface area contributed by atoms with E-state index >= 15 is 0 Å². The Kier molecular flexibility index (Phi) is 6.82. The highest BCUT2D eigenvalue weighted by molar-refractivity contribution is 6.30. The Bertz CT molecular complexity index is 647. The zero-order chi connectivity index (χ0) is 19.5. The molecule has 156 valence electrons. The van der Waals surface area contributed by atoms with Gasteiger partial charge in [-0.05, 0) is 68.1 Å². The topological polar surface area (TPSA) is 35.9 Å². The fraction of sp³-hybridized carbons (Fsp3) is 0.739. The third kappa shape index (κ3) is 5.02. The van der Waals surface area contributed by atoms with Crippen molar-refractivity contribution in [3.8, 4) is 0 Å². The molecule has 1 N–H and O–H groups in total. The number of aryl methyl sites for hydroxylation is 1. The van der Waals surface area contributed by atoms with Crippen molar-refractivity contribution < 1.29 is 9.84 Å². The Balaban J connectivity index is 1.12. The van der Waals surface area contributed by atoms with Crippen LogP contribution in [0.5, 0.6) is 0 Å². The number of rotatable bonds is 8. The number of ether oxygens (including phenoxy) is 1. The lowest BCUT2D eigenvalue weighted by Crippen LogP contribution is -2.49. The number of hydrogen-bond acceptors (Lipinski definition) is 4. The van der Waals surface area contributed by atoms with Crippen molar-refractivity contribution in [2.45, 2.75) is 45.1 Å². The number of aliphatic hydroxyl groups is 1. The van der Waals surface area contributed by atoms with E-state index in [4.69, 9.17) is 16.3 Å². The molecule has 4 rings (SSSR count). The second-order valence-corrected chi connectivity index (χ2v) is 9.61. The monoisotopic (exact) mass is 406 g/mol. The van der Waals surface area contributed by atoms with Gasteiger partial charge in [0, 0.05) is 50.0 Å². The maximum atomic E-state index is 10.4. The summed E-state index contributed by atoms with van der Waals surface area (Å²) in [4.78, 5) is 4.75. The fourth-order valence-corrected chi connectivity index (χ4v) is 5.80. The first kappa shape index (κ1) is 20.5. The Hall–Kier alpha value is -0.810. The van der Waals surface area contributed by atoms with Crippen LogP contribution in [0.4, 0.5) is 5.69 Å². The number of halogens is 1. The molecule has 0 aromatic heterocycles. The van der Waals surface area contributed by atoms with E-state index in [1.165, 1.54) is 43.4 Å². The first-order chi connectivity index (χ1) is 13.6. The van der Waals surface area contributed by atoms with Crippen LogP contribution in [0.25, 0.3) is 0 Å². The lowest BCUT2D eigenvalue weighted by Gasteiger charge is -2.37. The SMILES string of the molecule is Cc1ccc(Cl)cc1N1CCN(C[C@H](O)COCC[C@H]2C[C@@H]3CC[C@@H]2C3)CC1. The summed E-state index contributed by atoms with van der Waals surface area (Å²) in [6.07, 6.45) is 6.59. The standard InChI is InChI=1S/C23H35ClN2O2/c1-17-2-5-21(24)14-23(17)26-9-7-25(8-10-26)15-22(27)16-28-11-6-20-13-18-3-4-19(20)12-18/h2,5,14,18-20,22,27H,3-4,6-13,15-16H2,1H3/t18-,19-,20+,22+/m1/s1. The molecule has 5 heteroatoms. The number of fused-ring (bicyclic) bond motifs is 2. The second-order valence-electron chi connectivity index (χ2n) is 9.17. The van der Waals surface area contributed by atoms with Crippen LogP contribution in [0.15, 0.2) is 18.2 Å². The highest BCUT2D eigenvalue weighted by atomic mass is 35.5. The number of anilines is 1. The third-order valence-electron chi connectivity index (χ3n) is 7.18. The Morgan fingerprint density at radius 2 is 2.00 bits per heavy atom. The van der Waals surface area contributed by atoms with Crippen LogP contribution in [0.3, 0.4) is 0 Å². The number of piperazine rings is 1. The molecule has 4 atom stereocenters. The van der Waals surface area contributed by atoms with Gasteiger partial charge < -0.3 is 14.7 Å². The molecule has 2 bridgehead atoms. The van der Waals surface area contributed by atoms with Crippen LogP contribution in [0, 0.1) is 24.7 Å². The highest BCUT2D eigenvalue weighted by Crippen LogP contribution is 2.49. The summed E-state index contributed by atoms with van der Waals surface area (Å²) in [5, 5.41) is 11.2. The maximum absolute atomic E-state index is 10.4. The number of aliphatic hydroxyl groups excluding tert-OH is 1. The molecule has 1 saturated heterocycles. The van der Waals surface area contributed by atoms with E-state index in [2.05, 4.69) is 28.9 Å². The number of nitrogens with zero attached hydrogens (tertiary/aromatic N) is 2. The molecule has 28 heavy (non-hydrogen) atoms. The Morgan fingerprint density at radius 3 is 2.71 bits per heavy atom. The van der Waals surface area contributed by atoms with Gasteiger partial charge in [0.15, 0.2) is 0 Å². The quantitative estimate of drug-likeness (QED) is 0.662. The molecule has 4 nitrogen and oxygen atoms in total. The summed E-state index contributed by atoms with van der Waals surface area (Å²) in [7, 11) is 0. The molecule has 0 radical (unpaired) electrons. The molecule has 1 aliphatic heterocycles. The Labute approximate surface area is 174 Å². The van der Waals surface area contributed by atoms with Crippen LogP contribution in [-0.2, 0) is 4.74 Å². The number of β-amino-alcohol motifs (C(OH)–C–C–N with tert-alkyl or cyclic N) is 1. The van der Waals surface area contributed by atoms with E-state index in [9.17, 15) is 5.11 Å². The van der Waals surface area contributed by atoms with Crippen molar-refractivity contribution in [2.75, 3.05) is 50.8 Å². The van der Waals surface area contributed by atoms with Gasteiger partial charge in [0.1, 0.15) is 0 Å². The molecule has 1 heterocycles. The predicted molar refractivity (Wildman–Crippen MR) is 115 cm³/mol. The molecule has 3 aliphatic rings. The molecular formula is C23H35ClN2O2. The van der Waals surface area contributed by atoms with Crippen molar-refractivity contribution in [1.82, 2.24) is 4.90 Å². The molecule has 1 aromatic rings. The minimum atomic E-state index is -0.389. The van der Waals surface area contributed by atoms with Crippen LogP contribution >= 0.6 is 11.6 Å². The van der Waals surface area contributed by atoms with Gasteiger partial charge in [-0.15, -0.1) is 0 Å². The molecule has 0 amide bonds. The largest absolute Gasteiger partial charge is 0.389 e. The first-order valence-corrected chi connectivity index (χ1v) is 11.5. The summed E-state index contributed by atoms with van der Waals surface area (Å²) in [6, 6.07) is 6.09. The lowest BCUT2D eigenvalue weighted by molar-refractivity contribution is 0.0100. The lowest BCUT2D eigenvalue weighted by atomic mass is 9.87. The average Bonchev–Trinajstić information content (AvgIpc) is 3.31. The van der Waals surface area contributed by atoms with Crippen LogP contribution in [-0.4, -0.2) is 62.0 Å². The average molecular weight is 407 g/mol. The Morgan fingerprint density at radius 1 is 1.18 bits per heavy atom. The van der Waals surface area contributed by atoms with Gasteiger partial charge in [-0.3, -0.25) is 4.90 Å². The van der Waals surface area contributed by atoms with Crippen molar-refractivity contribution in [1.29, 1.82) is 0 Å². The summed E-state index contributed by atoms with van der Waals surface area (Å²) >= 11 is 6.17. The van der Waals surface area contributed by atoms with E-state index in [0.717, 1.165) is 55.6 Å². The van der Waals surface area contributed by atoms with Crippen LogP contribution in [0.2, 0.25) is 5.02 Å². The molecule has 2 saturated carbocycles. The van der Waals surface area contributed by atoms with Gasteiger partial charge in [0.2, 0.25) is 0 Å². The third-order valence-corrected chi connectivity index (χ3v) is 7.42. The zero-order valence-corrected chi connectivity index (χ0v) is 17.9. The summed E-state index contributed by atoms with van der Waals surface area (Å²) in [5.74, 6) is 2.87. The normalized spacial score (nSPS) is 28.8. The molecule has 0 unspecified atom stereocenters. The molecule has 3 fully saturated rings. The first-order valence-electron chi connectivity index (χ1n) is 11.1. The van der Waals surface area contributed by atoms with Crippen molar-refractivity contribution in [3.63, 3.8) is 0 Å². The molecular weight excluding hydrogens is 372 g/mol. The molecule has 1 aromatic carbocycles. The number of benzene rings is 1. The van der Waals surface area contributed by atoms with Gasteiger partial charge in [-0.2, -0.15) is 0 Å². The summed E-state index contributed by atoms with van der Waals surface area (Å²) < 4.78 is 5.82. The van der Waals surface area contributed by atoms with Crippen molar-refractivity contribution in [3.05, 3.63) is 28.8 Å². The summed E-state index contributed by atoms with van der Waals surface area (Å²) in [5.41, 5.74) is 2.50. The van der Waals surface area contributed by atoms with Gasteiger partial charge in [0.25, 0.3) is 0 Å². The zero-order valence-electron chi connectivity index (χ0n) is 17.2. The van der Waals surface area contributed by atoms with E-state index in [1.54, 1.807) is 0 Å². The van der Waals surface area contributed by atoms with Gasteiger partial charge in [-0.1, -0.05) is 24.1 Å². The minimum Gasteiger partial charge on any atom is -0.389 e. The van der Waals surface area contributed by atoms with E-state index < -0.39 is 0 Å². The maximum Gasteiger partial charge on any atom is 0.0900 e. The van der Waals surface area contributed by atoms with Crippen LogP contribution in [0.1, 0.15) is 37.7 Å². The molecule has 2 aliphatic carbocycles. The smallest absolute Gasteiger partial charge is 0.0900 e. The van der Waals surface area contributed by atoms with Crippen molar-refractivity contribution in [2.24, 2.45) is 17.8 Å². The van der Waals surface area contributed by atoms with E-state index in [-0.39, 0.29) is 6.10 Å². The van der Waals surface area contributed by atoms with Gasteiger partial charge >= 0.3 is 0 Å². The van der Waals surface area contributed by atoms with Gasteiger partial charge in [0.05, 0.1) is 12.7 Å². The fourth-order valence-electron chi connectivity index (χ4n) is 5.63. The van der Waals surface area contributed by atoms with Crippen molar-refractivity contribution >= 4 is 17.3 Å². The minimum absolute atomic E-state index is 0.389. The molecule has 0 spiro atoms. The van der Waals surface area contributed by atoms with E-state index in [1.807, 2.05) is 6.07 Å². The van der Waals surface area contributed by atoms with Crippen LogP contribution < -0.4 is 4.90 Å². The van der Waals surface area contributed by atoms with E-state index in [0.29, 0.717) is 13.2 Å². The highest BCUT2D eigenvalue weighted by Gasteiger charge is 2.38. The predicted octanol–water partition coefficient (Wildman–Crippen LogP) is 3.97.